The Kier molecular flexibility index (Phi) is 7.52. The molecule has 2 atom stereocenters. The lowest BCUT2D eigenvalue weighted by Crippen LogP contribution is -2.08. The van der Waals surface area contributed by atoms with Crippen LogP contribution in [0.1, 0.15) is 54.1 Å². The molecule has 0 amide bonds. The average Bonchev–Trinajstić information content (AvgIpc) is 3.30. The topological polar surface area (TPSA) is 108 Å². The van der Waals surface area contributed by atoms with Crippen LogP contribution in [-0.4, -0.2) is 43.2 Å². The fourth-order valence-corrected chi connectivity index (χ4v) is 1.64. The van der Waals surface area contributed by atoms with Crippen LogP contribution in [-0.2, 0) is 4.74 Å². The predicted molar refractivity (Wildman–Crippen MR) is 90.0 cm³/mol. The summed E-state index contributed by atoms with van der Waals surface area (Å²) in [6, 6.07) is 2.91. The third-order valence-corrected chi connectivity index (χ3v) is 3.06. The number of carbonyl (C=O) groups excluding carboxylic acids is 1. The third-order valence-electron chi connectivity index (χ3n) is 3.06. The molecule has 2 aromatic heterocycles. The summed E-state index contributed by atoms with van der Waals surface area (Å²) in [6.07, 6.45) is 2.23. The summed E-state index contributed by atoms with van der Waals surface area (Å²) in [5, 5.41) is 16.1. The van der Waals surface area contributed by atoms with Crippen molar-refractivity contribution in [2.75, 3.05) is 6.61 Å². The van der Waals surface area contributed by atoms with Crippen molar-refractivity contribution >= 4 is 11.9 Å². The zero-order chi connectivity index (χ0) is 19.7. The Bertz CT molecular complexity index is 842. The fraction of sp³-hybridized carbons (Fsp3) is 0.375. The highest BCUT2D eigenvalue weighted by Gasteiger charge is 2.14. The Morgan fingerprint density at radius 3 is 1.96 bits per heavy atom. The molecule has 2 rings (SSSR count). The normalized spacial score (nSPS) is 11.9. The summed E-state index contributed by atoms with van der Waals surface area (Å²) in [5.41, 5.74) is 0.202. The predicted octanol–water partition coefficient (Wildman–Crippen LogP) is 2.52. The van der Waals surface area contributed by atoms with Gasteiger partial charge in [0.05, 0.1) is 6.61 Å². The summed E-state index contributed by atoms with van der Waals surface area (Å²) < 4.78 is 7.51. The molecule has 0 spiro atoms. The zero-order valence-corrected chi connectivity index (χ0v) is 14.5. The number of carbonyl (C=O) groups is 2. The van der Waals surface area contributed by atoms with Gasteiger partial charge in [-0.2, -0.15) is 19.6 Å². The van der Waals surface area contributed by atoms with E-state index < -0.39 is 24.3 Å². The molecule has 0 aromatic carbocycles. The van der Waals surface area contributed by atoms with Crippen LogP contribution in [0.15, 0.2) is 24.5 Å². The van der Waals surface area contributed by atoms with E-state index in [0.29, 0.717) is 6.61 Å². The van der Waals surface area contributed by atoms with Crippen LogP contribution in [0.3, 0.4) is 0 Å². The highest BCUT2D eigenvalue weighted by atomic mass is 16.5. The van der Waals surface area contributed by atoms with Crippen LogP contribution >= 0.6 is 0 Å². The molecule has 10 nitrogen and oxygen atoms in total. The molecule has 0 saturated heterocycles. The summed E-state index contributed by atoms with van der Waals surface area (Å²) in [6.45, 7) is 18.9. The first kappa shape index (κ1) is 20.4. The number of nitrogens with zero attached hydrogens (tertiary/aromatic N) is 6. The Hall–Kier alpha value is -3.66. The maximum absolute atomic E-state index is 11.2. The molecule has 0 saturated carbocycles. The van der Waals surface area contributed by atoms with Gasteiger partial charge in [-0.05, 0) is 19.1 Å². The maximum Gasteiger partial charge on any atom is 0.358 e. The van der Waals surface area contributed by atoms with E-state index in [2.05, 4.69) is 19.9 Å². The van der Waals surface area contributed by atoms with E-state index in [1.54, 1.807) is 33.0 Å². The molecule has 0 bridgehead atoms. The van der Waals surface area contributed by atoms with Gasteiger partial charge in [-0.3, -0.25) is 9.69 Å². The van der Waals surface area contributed by atoms with E-state index in [1.807, 2.05) is 0 Å². The number of hydrogen-bond donors (Lipinski definition) is 1. The van der Waals surface area contributed by atoms with Crippen LogP contribution in [0.4, 0.5) is 0 Å². The standard InChI is InChI=1S/C9H11N3O2.C7H7N3O2/c1-4-14-9(13)8-5-6-12(11-8)7(2)10-3;1-5(8-2)10-4-3-6(9-10)7(11)12/h5-7H,4H2,1-2H3;3-5H,1H3,(H,11,12). The largest absolute Gasteiger partial charge is 0.476 e. The van der Waals surface area contributed by atoms with Gasteiger partial charge in [0.25, 0.3) is 0 Å². The van der Waals surface area contributed by atoms with E-state index in [0.717, 1.165) is 0 Å². The number of hydrogen-bond acceptors (Lipinski definition) is 5. The van der Waals surface area contributed by atoms with Gasteiger partial charge in [-0.15, -0.1) is 0 Å². The molecule has 0 fully saturated rings. The van der Waals surface area contributed by atoms with Crippen molar-refractivity contribution in [3.05, 3.63) is 58.7 Å². The molecule has 136 valence electrons. The number of ether oxygens (including phenoxy) is 1. The maximum atomic E-state index is 11.2. The van der Waals surface area contributed by atoms with Crippen molar-refractivity contribution < 1.29 is 19.4 Å². The minimum atomic E-state index is -1.08. The Morgan fingerprint density at radius 1 is 1.12 bits per heavy atom. The Balaban J connectivity index is 0.000000263. The molecule has 26 heavy (non-hydrogen) atoms. The van der Waals surface area contributed by atoms with Gasteiger partial charge < -0.3 is 9.84 Å². The monoisotopic (exact) mass is 358 g/mol. The quantitative estimate of drug-likeness (QED) is 0.650. The van der Waals surface area contributed by atoms with Gasteiger partial charge in [0.2, 0.25) is 0 Å². The lowest BCUT2D eigenvalue weighted by molar-refractivity contribution is 0.0517. The van der Waals surface area contributed by atoms with Crippen LogP contribution in [0, 0.1) is 13.1 Å². The molecule has 1 N–H and O–H groups in total. The van der Waals surface area contributed by atoms with Gasteiger partial charge in [-0.25, -0.2) is 22.7 Å². The number of aromatic nitrogens is 4. The fourth-order valence-electron chi connectivity index (χ4n) is 1.64. The second kappa shape index (κ2) is 9.59. The number of carboxylic acid groups (broad SMARTS) is 1. The summed E-state index contributed by atoms with van der Waals surface area (Å²) in [5.74, 6) is -1.53. The van der Waals surface area contributed by atoms with Crippen LogP contribution in [0.5, 0.6) is 0 Å². The molecule has 2 aromatic rings. The van der Waals surface area contributed by atoms with Crippen LogP contribution in [0.25, 0.3) is 9.69 Å². The van der Waals surface area contributed by atoms with Crippen molar-refractivity contribution in [1.82, 2.24) is 19.6 Å². The van der Waals surface area contributed by atoms with E-state index in [9.17, 15) is 9.59 Å². The Morgan fingerprint density at radius 2 is 1.58 bits per heavy atom. The van der Waals surface area contributed by atoms with Crippen molar-refractivity contribution in [3.8, 4) is 0 Å². The van der Waals surface area contributed by atoms with Gasteiger partial charge in [-0.1, -0.05) is 0 Å². The molecule has 0 aliphatic rings. The summed E-state index contributed by atoms with van der Waals surface area (Å²) in [4.78, 5) is 28.0. The first-order chi connectivity index (χ1) is 12.3. The lowest BCUT2D eigenvalue weighted by Gasteiger charge is -1.98. The van der Waals surface area contributed by atoms with Crippen molar-refractivity contribution in [2.45, 2.75) is 33.1 Å². The second-order valence-electron chi connectivity index (χ2n) is 4.91. The average molecular weight is 358 g/mol. The molecule has 2 unspecified atom stereocenters. The molecular weight excluding hydrogens is 340 g/mol. The van der Waals surface area contributed by atoms with Crippen molar-refractivity contribution in [3.63, 3.8) is 0 Å². The summed E-state index contributed by atoms with van der Waals surface area (Å²) in [7, 11) is 0. The van der Waals surface area contributed by atoms with Gasteiger partial charge in [0.1, 0.15) is 0 Å². The molecule has 0 aliphatic heterocycles. The van der Waals surface area contributed by atoms with E-state index in [-0.39, 0.29) is 11.4 Å². The molecular formula is C16H18N6O4. The number of esters is 1. The third kappa shape index (κ3) is 5.46. The highest BCUT2D eigenvalue weighted by Crippen LogP contribution is 2.07. The number of carboxylic acids is 1. The van der Waals surface area contributed by atoms with Crippen LogP contribution in [0.2, 0.25) is 0 Å². The molecule has 10 heteroatoms. The van der Waals surface area contributed by atoms with E-state index in [4.69, 9.17) is 23.0 Å². The second-order valence-corrected chi connectivity index (χ2v) is 4.91. The number of aromatic carboxylic acids is 1. The minimum Gasteiger partial charge on any atom is -0.476 e. The molecule has 0 radical (unpaired) electrons. The zero-order valence-electron chi connectivity index (χ0n) is 14.5. The number of rotatable bonds is 5. The lowest BCUT2D eigenvalue weighted by atomic mass is 10.4. The van der Waals surface area contributed by atoms with Crippen molar-refractivity contribution in [2.24, 2.45) is 0 Å². The van der Waals surface area contributed by atoms with Gasteiger partial charge in [0, 0.05) is 26.2 Å². The minimum absolute atomic E-state index is 0.0366. The van der Waals surface area contributed by atoms with Gasteiger partial charge in [0.15, 0.2) is 11.4 Å². The molecule has 2 heterocycles. The highest BCUT2D eigenvalue weighted by molar-refractivity contribution is 5.87. The first-order valence-corrected chi connectivity index (χ1v) is 7.57. The van der Waals surface area contributed by atoms with E-state index >= 15 is 0 Å². The molecule has 0 aliphatic carbocycles. The van der Waals surface area contributed by atoms with Crippen molar-refractivity contribution in [1.29, 1.82) is 0 Å². The smallest absolute Gasteiger partial charge is 0.358 e. The van der Waals surface area contributed by atoms with Crippen LogP contribution < -0.4 is 0 Å². The SMILES string of the molecule is [C-]#[N+]C(C)n1ccc(C(=O)O)n1.[C-]#[N+]C(C)n1ccc(C(=O)OCC)n1. The summed E-state index contributed by atoms with van der Waals surface area (Å²) >= 11 is 0. The Labute approximate surface area is 150 Å². The van der Waals surface area contributed by atoms with E-state index in [1.165, 1.54) is 21.6 Å². The first-order valence-electron chi connectivity index (χ1n) is 7.57. The van der Waals surface area contributed by atoms with Gasteiger partial charge >= 0.3 is 24.3 Å².